The number of nitrogens with zero attached hydrogens (tertiary/aromatic N) is 2. The van der Waals surface area contributed by atoms with Crippen LogP contribution in [0.15, 0.2) is 33.8 Å². The van der Waals surface area contributed by atoms with E-state index in [0.717, 1.165) is 11.3 Å². The molecule has 0 saturated carbocycles. The molecule has 2 aromatic heterocycles. The van der Waals surface area contributed by atoms with Gasteiger partial charge in [0, 0.05) is 6.07 Å². The Kier molecular flexibility index (Phi) is 3.71. The summed E-state index contributed by atoms with van der Waals surface area (Å²) >= 11 is 0.969. The fourth-order valence-corrected chi connectivity index (χ4v) is 1.97. The van der Waals surface area contributed by atoms with Crippen molar-refractivity contribution in [2.24, 2.45) is 5.10 Å². The average molecular weight is 279 g/mol. The van der Waals surface area contributed by atoms with Gasteiger partial charge >= 0.3 is 10.9 Å². The molecule has 0 fully saturated rings. The molecule has 8 heteroatoms. The van der Waals surface area contributed by atoms with Gasteiger partial charge in [0.1, 0.15) is 5.76 Å². The molecule has 19 heavy (non-hydrogen) atoms. The lowest BCUT2D eigenvalue weighted by molar-refractivity contribution is -0.380. The summed E-state index contributed by atoms with van der Waals surface area (Å²) in [6.07, 6.45) is 1.34. The van der Waals surface area contributed by atoms with Gasteiger partial charge in [-0.25, -0.2) is 5.43 Å². The summed E-state index contributed by atoms with van der Waals surface area (Å²) < 4.78 is 5.11. The summed E-state index contributed by atoms with van der Waals surface area (Å²) in [5.41, 5.74) is 2.27. The first-order chi connectivity index (χ1) is 9.06. The highest BCUT2D eigenvalue weighted by Gasteiger charge is 2.09. The van der Waals surface area contributed by atoms with Crippen LogP contribution in [-0.2, 0) is 0 Å². The van der Waals surface area contributed by atoms with Crippen LogP contribution in [0.25, 0.3) is 0 Å². The number of rotatable bonds is 4. The number of nitrogens with one attached hydrogen (secondary N) is 1. The van der Waals surface area contributed by atoms with Gasteiger partial charge in [-0.15, -0.1) is 0 Å². The van der Waals surface area contributed by atoms with E-state index in [1.54, 1.807) is 19.1 Å². The van der Waals surface area contributed by atoms with Crippen LogP contribution in [0.3, 0.4) is 0 Å². The zero-order chi connectivity index (χ0) is 13.8. The molecule has 0 spiro atoms. The smallest absolute Gasteiger partial charge is 0.324 e. The molecule has 0 saturated heterocycles. The Labute approximate surface area is 111 Å². The largest absolute Gasteiger partial charge is 0.456 e. The summed E-state index contributed by atoms with van der Waals surface area (Å²) in [5, 5.41) is 14.2. The lowest BCUT2D eigenvalue weighted by Crippen LogP contribution is -2.16. The van der Waals surface area contributed by atoms with Gasteiger partial charge in [0.2, 0.25) is 0 Å². The predicted molar refractivity (Wildman–Crippen MR) is 69.5 cm³/mol. The highest BCUT2D eigenvalue weighted by atomic mass is 32.1. The normalized spacial score (nSPS) is 10.8. The second-order valence-corrected chi connectivity index (χ2v) is 4.64. The van der Waals surface area contributed by atoms with E-state index in [4.69, 9.17) is 4.42 Å². The molecule has 2 rings (SSSR count). The van der Waals surface area contributed by atoms with E-state index in [9.17, 15) is 14.9 Å². The van der Waals surface area contributed by atoms with E-state index in [1.165, 1.54) is 18.3 Å². The van der Waals surface area contributed by atoms with E-state index in [0.29, 0.717) is 10.6 Å². The van der Waals surface area contributed by atoms with Gasteiger partial charge in [-0.2, -0.15) is 5.10 Å². The van der Waals surface area contributed by atoms with E-state index in [1.807, 2.05) is 0 Å². The molecule has 98 valence electrons. The Morgan fingerprint density at radius 3 is 2.84 bits per heavy atom. The SMILES string of the molecule is Cc1ccc(C(=O)N/N=C\c2ccc([N+](=O)[O-])s2)o1. The van der Waals surface area contributed by atoms with Crippen LogP contribution in [0.1, 0.15) is 21.2 Å². The quantitative estimate of drug-likeness (QED) is 0.527. The third-order valence-electron chi connectivity index (χ3n) is 2.11. The van der Waals surface area contributed by atoms with E-state index in [-0.39, 0.29) is 10.8 Å². The fraction of sp³-hybridized carbons (Fsp3) is 0.0909. The van der Waals surface area contributed by atoms with Gasteiger partial charge in [0.15, 0.2) is 5.76 Å². The molecule has 0 atom stereocenters. The Morgan fingerprint density at radius 1 is 1.47 bits per heavy atom. The molecule has 0 bridgehead atoms. The third kappa shape index (κ3) is 3.26. The molecule has 0 unspecified atom stereocenters. The van der Waals surface area contributed by atoms with Crippen molar-refractivity contribution < 1.29 is 14.1 Å². The molecule has 2 heterocycles. The number of amides is 1. The fourth-order valence-electron chi connectivity index (χ4n) is 1.28. The summed E-state index contributed by atoms with van der Waals surface area (Å²) in [6, 6.07) is 6.14. The number of furan rings is 1. The maximum Gasteiger partial charge on any atom is 0.324 e. The van der Waals surface area contributed by atoms with Crippen LogP contribution in [-0.4, -0.2) is 17.0 Å². The Bertz CT molecular complexity index is 644. The first-order valence-corrected chi connectivity index (χ1v) is 6.02. The standard InChI is InChI=1S/C11H9N3O4S/c1-7-2-4-9(18-7)11(15)13-12-6-8-3-5-10(19-8)14(16)17/h2-6H,1H3,(H,13,15)/b12-6-. The van der Waals surface area contributed by atoms with Gasteiger partial charge in [0.25, 0.3) is 0 Å². The van der Waals surface area contributed by atoms with Crippen molar-refractivity contribution in [1.29, 1.82) is 0 Å². The third-order valence-corrected chi connectivity index (χ3v) is 3.09. The molecular formula is C11H9N3O4S. The second kappa shape index (κ2) is 5.44. The molecule has 0 aromatic carbocycles. The molecular weight excluding hydrogens is 270 g/mol. The number of hydrazone groups is 1. The van der Waals surface area contributed by atoms with Gasteiger partial charge in [-0.1, -0.05) is 11.3 Å². The highest BCUT2D eigenvalue weighted by Crippen LogP contribution is 2.22. The maximum atomic E-state index is 11.5. The van der Waals surface area contributed by atoms with Gasteiger partial charge in [0.05, 0.1) is 16.0 Å². The van der Waals surface area contributed by atoms with E-state index < -0.39 is 10.8 Å². The summed E-state index contributed by atoms with van der Waals surface area (Å²) in [5.74, 6) is 0.310. The number of carbonyl (C=O) groups excluding carboxylic acids is 1. The van der Waals surface area contributed by atoms with Crippen LogP contribution < -0.4 is 5.43 Å². The predicted octanol–water partition coefficient (Wildman–Crippen LogP) is 2.32. The van der Waals surface area contributed by atoms with Crippen LogP contribution in [0, 0.1) is 17.0 Å². The molecule has 0 aliphatic carbocycles. The van der Waals surface area contributed by atoms with Crippen LogP contribution >= 0.6 is 11.3 Å². The minimum Gasteiger partial charge on any atom is -0.456 e. The lowest BCUT2D eigenvalue weighted by Gasteiger charge is -1.94. The number of thiophene rings is 1. The molecule has 1 amide bonds. The van der Waals surface area contributed by atoms with E-state index >= 15 is 0 Å². The van der Waals surface area contributed by atoms with Crippen LogP contribution in [0.4, 0.5) is 5.00 Å². The zero-order valence-electron chi connectivity index (χ0n) is 9.82. The molecule has 2 aromatic rings. The number of nitro groups is 1. The maximum absolute atomic E-state index is 11.5. The van der Waals surface area contributed by atoms with Crippen molar-refractivity contribution in [1.82, 2.24) is 5.43 Å². The van der Waals surface area contributed by atoms with Crippen molar-refractivity contribution in [3.8, 4) is 0 Å². The van der Waals surface area contributed by atoms with Crippen molar-refractivity contribution in [2.75, 3.05) is 0 Å². The van der Waals surface area contributed by atoms with Crippen LogP contribution in [0.5, 0.6) is 0 Å². The Balaban J connectivity index is 1.96. The Morgan fingerprint density at radius 2 is 2.26 bits per heavy atom. The molecule has 0 aliphatic rings. The average Bonchev–Trinajstić information content (AvgIpc) is 2.98. The highest BCUT2D eigenvalue weighted by molar-refractivity contribution is 7.16. The minimum absolute atomic E-state index is 0.0226. The molecule has 1 N–H and O–H groups in total. The van der Waals surface area contributed by atoms with Crippen molar-refractivity contribution in [3.05, 3.63) is 50.8 Å². The Hall–Kier alpha value is -2.48. The first-order valence-electron chi connectivity index (χ1n) is 5.20. The monoisotopic (exact) mass is 279 g/mol. The number of carbonyl (C=O) groups is 1. The van der Waals surface area contributed by atoms with Crippen molar-refractivity contribution >= 4 is 28.5 Å². The van der Waals surface area contributed by atoms with Crippen LogP contribution in [0.2, 0.25) is 0 Å². The number of hydrogen-bond donors (Lipinski definition) is 1. The lowest BCUT2D eigenvalue weighted by atomic mass is 10.4. The second-order valence-electron chi connectivity index (χ2n) is 3.54. The van der Waals surface area contributed by atoms with Crippen molar-refractivity contribution in [3.63, 3.8) is 0 Å². The number of aryl methyl sites for hydroxylation is 1. The van der Waals surface area contributed by atoms with E-state index in [2.05, 4.69) is 10.5 Å². The molecule has 0 aliphatic heterocycles. The molecule has 0 radical (unpaired) electrons. The summed E-state index contributed by atoms with van der Waals surface area (Å²) in [7, 11) is 0. The first kappa shape index (κ1) is 13.0. The topological polar surface area (TPSA) is 97.7 Å². The van der Waals surface area contributed by atoms with Gasteiger partial charge in [-0.05, 0) is 25.1 Å². The summed E-state index contributed by atoms with van der Waals surface area (Å²) in [4.78, 5) is 22.1. The summed E-state index contributed by atoms with van der Waals surface area (Å²) in [6.45, 7) is 1.73. The van der Waals surface area contributed by atoms with Gasteiger partial charge in [-0.3, -0.25) is 14.9 Å². The zero-order valence-corrected chi connectivity index (χ0v) is 10.6. The van der Waals surface area contributed by atoms with Gasteiger partial charge < -0.3 is 4.42 Å². The minimum atomic E-state index is -0.480. The van der Waals surface area contributed by atoms with Crippen molar-refractivity contribution in [2.45, 2.75) is 6.92 Å². The number of hydrogen-bond acceptors (Lipinski definition) is 6. The molecule has 7 nitrogen and oxygen atoms in total.